The minimum Gasteiger partial charge on any atom is -0.466 e. The lowest BCUT2D eigenvalue weighted by Gasteiger charge is -2.23. The number of halogens is 4. The minimum atomic E-state index is -2.00. The summed E-state index contributed by atoms with van der Waals surface area (Å²) in [4.78, 5) is 22.4. The van der Waals surface area contributed by atoms with Crippen LogP contribution < -0.4 is 0 Å². The van der Waals surface area contributed by atoms with Crippen LogP contribution in [-0.2, 0) is 19.0 Å². The van der Waals surface area contributed by atoms with Crippen LogP contribution in [0, 0.1) is 0 Å². The summed E-state index contributed by atoms with van der Waals surface area (Å²) in [6.07, 6.45) is -1.26. The summed E-state index contributed by atoms with van der Waals surface area (Å²) in [6.45, 7) is 2.61. The Morgan fingerprint density at radius 3 is 2.00 bits per heavy atom. The Morgan fingerprint density at radius 2 is 1.65 bits per heavy atom. The Hall–Kier alpha value is -0.100. The number of ether oxygens (including phenoxy) is 3. The molecule has 0 saturated carbocycles. The van der Waals surface area contributed by atoms with Gasteiger partial charge in [-0.15, -0.1) is 0 Å². The summed E-state index contributed by atoms with van der Waals surface area (Å²) in [6, 6.07) is 0. The van der Waals surface area contributed by atoms with Crippen molar-refractivity contribution in [2.45, 2.75) is 28.8 Å². The van der Waals surface area contributed by atoms with Crippen molar-refractivity contribution in [2.24, 2.45) is 0 Å². The van der Waals surface area contributed by atoms with E-state index in [2.05, 4.69) is 14.2 Å². The predicted molar refractivity (Wildman–Crippen MR) is 63.6 cm³/mol. The molecule has 0 aromatic rings. The Bertz CT molecular complexity index is 299. The first-order valence-corrected chi connectivity index (χ1v) is 5.76. The Balaban J connectivity index is 4.42. The van der Waals surface area contributed by atoms with Gasteiger partial charge in [0.15, 0.2) is 0 Å². The summed E-state index contributed by atoms with van der Waals surface area (Å²) in [5.74, 6) is -0.769. The van der Waals surface area contributed by atoms with Crippen LogP contribution in [0.4, 0.5) is 4.79 Å². The van der Waals surface area contributed by atoms with Gasteiger partial charge in [-0.25, -0.2) is 9.59 Å². The Labute approximate surface area is 118 Å². The monoisotopic (exact) mass is 326 g/mol. The van der Waals surface area contributed by atoms with E-state index in [1.165, 1.54) is 13.8 Å². The second kappa shape index (κ2) is 6.18. The molecule has 0 aliphatic rings. The molecule has 0 radical (unpaired) electrons. The number of esters is 1. The highest BCUT2D eigenvalue weighted by Gasteiger charge is 2.38. The third-order valence-corrected chi connectivity index (χ3v) is 2.82. The second-order valence-electron chi connectivity index (χ2n) is 3.33. The molecule has 1 atom stereocenters. The van der Waals surface area contributed by atoms with E-state index < -0.39 is 27.1 Å². The molecule has 0 bridgehead atoms. The normalized spacial score (nSPS) is 13.8. The van der Waals surface area contributed by atoms with Crippen LogP contribution in [0.3, 0.4) is 0 Å². The van der Waals surface area contributed by atoms with Crippen molar-refractivity contribution in [3.05, 3.63) is 0 Å². The average Bonchev–Trinajstić information content (AvgIpc) is 2.13. The first-order valence-electron chi connectivity index (χ1n) is 4.19. The van der Waals surface area contributed by atoms with Crippen LogP contribution >= 0.6 is 46.4 Å². The summed E-state index contributed by atoms with van der Waals surface area (Å²) in [7, 11) is 1.14. The minimum absolute atomic E-state index is 0.769. The lowest BCUT2D eigenvalue weighted by molar-refractivity contribution is -0.161. The van der Waals surface area contributed by atoms with E-state index in [0.29, 0.717) is 0 Å². The van der Waals surface area contributed by atoms with E-state index in [9.17, 15) is 9.59 Å². The van der Waals surface area contributed by atoms with Crippen molar-refractivity contribution < 1.29 is 23.8 Å². The van der Waals surface area contributed by atoms with E-state index in [0.717, 1.165) is 7.11 Å². The highest BCUT2D eigenvalue weighted by molar-refractivity contribution is 6.70. The number of hydrogen-bond donors (Lipinski definition) is 0. The lowest BCUT2D eigenvalue weighted by atomic mass is 10.1. The summed E-state index contributed by atoms with van der Waals surface area (Å²) >= 11 is 21.5. The van der Waals surface area contributed by atoms with Gasteiger partial charge in [0.1, 0.15) is 0 Å². The van der Waals surface area contributed by atoms with Crippen molar-refractivity contribution in [3.63, 3.8) is 0 Å². The first-order chi connectivity index (χ1) is 7.50. The molecule has 0 heterocycles. The van der Waals surface area contributed by atoms with E-state index in [1.807, 2.05) is 0 Å². The molecule has 0 rings (SSSR count). The van der Waals surface area contributed by atoms with Gasteiger partial charge in [-0.2, -0.15) is 0 Å². The predicted octanol–water partition coefficient (Wildman–Crippen LogP) is 3.03. The van der Waals surface area contributed by atoms with Gasteiger partial charge in [-0.05, 0) is 13.8 Å². The van der Waals surface area contributed by atoms with E-state index in [1.54, 1.807) is 0 Å². The SMILES string of the molecule is COC(=O)C(C)(C)OC(=O)O[C@H](Cl)C(Cl)(Cl)Cl. The molecule has 0 saturated heterocycles. The fraction of sp³-hybridized carbons (Fsp3) is 0.750. The second-order valence-corrected chi connectivity index (χ2v) is 6.09. The van der Waals surface area contributed by atoms with Gasteiger partial charge >= 0.3 is 12.1 Å². The molecule has 0 fully saturated rings. The standard InChI is InChI=1S/C8H10Cl4O5/c1-7(2,5(13)15-3)17-6(14)16-4(9)8(10,11)12/h4H,1-3H3/t4-/m0/s1. The molecule has 0 unspecified atom stereocenters. The molecule has 5 nitrogen and oxygen atoms in total. The smallest absolute Gasteiger partial charge is 0.466 e. The maximum atomic E-state index is 11.2. The van der Waals surface area contributed by atoms with Gasteiger partial charge in [0.2, 0.25) is 15.0 Å². The Kier molecular flexibility index (Phi) is 6.14. The van der Waals surface area contributed by atoms with Crippen molar-refractivity contribution in [1.82, 2.24) is 0 Å². The maximum absolute atomic E-state index is 11.2. The molecule has 9 heteroatoms. The van der Waals surface area contributed by atoms with E-state index in [4.69, 9.17) is 46.4 Å². The number of carbonyl (C=O) groups excluding carboxylic acids is 2. The Morgan fingerprint density at radius 1 is 1.18 bits per heavy atom. The van der Waals surface area contributed by atoms with E-state index >= 15 is 0 Å². The number of carbonyl (C=O) groups is 2. The fourth-order valence-corrected chi connectivity index (χ4v) is 0.878. The molecule has 17 heavy (non-hydrogen) atoms. The zero-order valence-electron chi connectivity index (χ0n) is 9.13. The molecule has 0 aliphatic heterocycles. The zero-order chi connectivity index (χ0) is 13.9. The highest BCUT2D eigenvalue weighted by Crippen LogP contribution is 2.34. The molecule has 100 valence electrons. The van der Waals surface area contributed by atoms with Gasteiger partial charge in [-0.1, -0.05) is 46.4 Å². The first kappa shape index (κ1) is 16.9. The lowest BCUT2D eigenvalue weighted by Crippen LogP contribution is -2.39. The van der Waals surface area contributed by atoms with Crippen LogP contribution in [0.5, 0.6) is 0 Å². The summed E-state index contributed by atoms with van der Waals surface area (Å²) < 4.78 is 11.5. The molecule has 0 aromatic heterocycles. The van der Waals surface area contributed by atoms with Crippen LogP contribution in [0.25, 0.3) is 0 Å². The van der Waals surface area contributed by atoms with Crippen molar-refractivity contribution >= 4 is 58.5 Å². The third kappa shape index (κ3) is 5.86. The molecular formula is C8H10Cl4O5. The van der Waals surface area contributed by atoms with Gasteiger partial charge < -0.3 is 14.2 Å². The molecule has 0 N–H and O–H groups in total. The average molecular weight is 328 g/mol. The quantitative estimate of drug-likeness (QED) is 0.589. The highest BCUT2D eigenvalue weighted by atomic mass is 35.6. The number of rotatable bonds is 3. The summed E-state index contributed by atoms with van der Waals surface area (Å²) in [5.41, 5.74) is -3.08. The van der Waals surface area contributed by atoms with Gasteiger partial charge in [0, 0.05) is 0 Å². The molecular weight excluding hydrogens is 318 g/mol. The van der Waals surface area contributed by atoms with Crippen LogP contribution in [-0.4, -0.2) is 34.2 Å². The van der Waals surface area contributed by atoms with Crippen LogP contribution in [0.1, 0.15) is 13.8 Å². The van der Waals surface area contributed by atoms with Crippen LogP contribution in [0.2, 0.25) is 0 Å². The van der Waals surface area contributed by atoms with E-state index in [-0.39, 0.29) is 0 Å². The van der Waals surface area contributed by atoms with Crippen molar-refractivity contribution in [1.29, 1.82) is 0 Å². The molecule has 0 aromatic carbocycles. The summed E-state index contributed by atoms with van der Waals surface area (Å²) in [5, 5.41) is 0. The van der Waals surface area contributed by atoms with Gasteiger partial charge in [-0.3, -0.25) is 0 Å². The number of alkyl halides is 4. The van der Waals surface area contributed by atoms with Gasteiger partial charge in [0.05, 0.1) is 7.11 Å². The van der Waals surface area contributed by atoms with Gasteiger partial charge in [0.25, 0.3) is 0 Å². The number of methoxy groups -OCH3 is 1. The molecule has 0 amide bonds. The number of hydrogen-bond acceptors (Lipinski definition) is 5. The molecule has 0 spiro atoms. The van der Waals surface area contributed by atoms with Crippen LogP contribution in [0.15, 0.2) is 0 Å². The maximum Gasteiger partial charge on any atom is 0.511 e. The topological polar surface area (TPSA) is 61.8 Å². The van der Waals surface area contributed by atoms with Crippen molar-refractivity contribution in [2.75, 3.05) is 7.11 Å². The molecule has 0 aliphatic carbocycles. The zero-order valence-corrected chi connectivity index (χ0v) is 12.2. The fourth-order valence-electron chi connectivity index (χ4n) is 0.671. The van der Waals surface area contributed by atoms with Crippen molar-refractivity contribution in [3.8, 4) is 0 Å². The largest absolute Gasteiger partial charge is 0.511 e. The third-order valence-electron chi connectivity index (χ3n) is 1.47.